The van der Waals surface area contributed by atoms with Crippen LogP contribution in [-0.4, -0.2) is 59.0 Å². The number of fused-ring (bicyclic) bond motifs is 1. The number of amides is 1. The number of aryl methyl sites for hydroxylation is 2. The Hall–Kier alpha value is -3.10. The third kappa shape index (κ3) is 3.18. The highest BCUT2D eigenvalue weighted by atomic mass is 16.5. The van der Waals surface area contributed by atoms with Crippen LogP contribution in [0, 0.1) is 12.8 Å². The van der Waals surface area contributed by atoms with Gasteiger partial charge in [-0.3, -0.25) is 4.79 Å². The van der Waals surface area contributed by atoms with Crippen molar-refractivity contribution in [2.75, 3.05) is 6.54 Å². The number of hydrogen-bond acceptors (Lipinski definition) is 7. The first kappa shape index (κ1) is 18.9. The summed E-state index contributed by atoms with van der Waals surface area (Å²) < 4.78 is 8.31. The minimum absolute atomic E-state index is 0.0151. The Balaban J connectivity index is 1.46. The van der Waals surface area contributed by atoms with Crippen molar-refractivity contribution in [3.8, 4) is 17.3 Å². The Kier molecular flexibility index (Phi) is 4.60. The molecule has 1 saturated carbocycles. The molecule has 2 atom stereocenters. The molecule has 156 valence electrons. The van der Waals surface area contributed by atoms with Gasteiger partial charge in [-0.1, -0.05) is 0 Å². The second kappa shape index (κ2) is 7.30. The molecule has 2 aliphatic rings. The molecule has 30 heavy (non-hydrogen) atoms. The van der Waals surface area contributed by atoms with Gasteiger partial charge in [-0.25, -0.2) is 19.9 Å². The van der Waals surface area contributed by atoms with Crippen LogP contribution in [0.4, 0.5) is 0 Å². The third-order valence-corrected chi connectivity index (χ3v) is 6.01. The number of imidazole rings is 1. The average molecular weight is 407 g/mol. The number of nitrogens with zero attached hydrogens (tertiary/aromatic N) is 7. The summed E-state index contributed by atoms with van der Waals surface area (Å²) in [6.45, 7) is 7.37. The van der Waals surface area contributed by atoms with Crippen molar-refractivity contribution in [1.82, 2.24) is 34.4 Å². The summed E-state index contributed by atoms with van der Waals surface area (Å²) in [7, 11) is 0. The summed E-state index contributed by atoms with van der Waals surface area (Å²) in [5, 5.41) is 0. The van der Waals surface area contributed by atoms with Crippen molar-refractivity contribution in [2.45, 2.75) is 58.7 Å². The highest BCUT2D eigenvalue weighted by molar-refractivity contribution is 5.82. The van der Waals surface area contributed by atoms with Crippen molar-refractivity contribution in [3.05, 3.63) is 24.5 Å². The van der Waals surface area contributed by atoms with Gasteiger partial charge in [0.1, 0.15) is 24.1 Å². The molecule has 2 fully saturated rings. The van der Waals surface area contributed by atoms with Gasteiger partial charge >= 0.3 is 0 Å². The van der Waals surface area contributed by atoms with Gasteiger partial charge in [0.15, 0.2) is 11.2 Å². The van der Waals surface area contributed by atoms with Crippen LogP contribution < -0.4 is 4.74 Å². The van der Waals surface area contributed by atoms with Crippen molar-refractivity contribution in [3.63, 3.8) is 0 Å². The van der Waals surface area contributed by atoms with Gasteiger partial charge in [-0.05, 0) is 33.6 Å². The van der Waals surface area contributed by atoms with Gasteiger partial charge < -0.3 is 14.2 Å². The van der Waals surface area contributed by atoms with Crippen LogP contribution in [0.5, 0.6) is 5.88 Å². The fraction of sp³-hybridized carbons (Fsp3) is 0.524. The number of likely N-dealkylation sites (tertiary alicyclic amines) is 1. The maximum Gasteiger partial charge on any atom is 0.245 e. The van der Waals surface area contributed by atoms with Gasteiger partial charge in [-0.15, -0.1) is 0 Å². The number of aromatic nitrogens is 6. The van der Waals surface area contributed by atoms with E-state index in [1.54, 1.807) is 12.4 Å². The van der Waals surface area contributed by atoms with Gasteiger partial charge in [0.05, 0.1) is 11.6 Å². The SMILES string of the molecule is CCn1c(-c2cnc(C)nc2)nc2c(OC3CCN(C(=O)C4CC4)C3C)ncnc21. The molecular weight excluding hydrogens is 382 g/mol. The Morgan fingerprint density at radius 2 is 1.93 bits per heavy atom. The van der Waals surface area contributed by atoms with Crippen LogP contribution in [0.1, 0.15) is 38.9 Å². The molecule has 1 amide bonds. The molecule has 3 aromatic heterocycles. The van der Waals surface area contributed by atoms with Crippen molar-refractivity contribution in [2.24, 2.45) is 5.92 Å². The third-order valence-electron chi connectivity index (χ3n) is 6.01. The van der Waals surface area contributed by atoms with E-state index in [0.29, 0.717) is 23.8 Å². The maximum atomic E-state index is 12.5. The molecule has 0 N–H and O–H groups in total. The smallest absolute Gasteiger partial charge is 0.245 e. The van der Waals surface area contributed by atoms with Crippen LogP contribution in [0.2, 0.25) is 0 Å². The van der Waals surface area contributed by atoms with E-state index in [1.807, 2.05) is 23.3 Å². The summed E-state index contributed by atoms with van der Waals surface area (Å²) in [5.74, 6) is 2.39. The van der Waals surface area contributed by atoms with E-state index in [1.165, 1.54) is 6.33 Å². The minimum Gasteiger partial charge on any atom is -0.470 e. The fourth-order valence-electron chi connectivity index (χ4n) is 4.12. The van der Waals surface area contributed by atoms with E-state index < -0.39 is 0 Å². The molecule has 0 radical (unpaired) electrons. The molecule has 0 bridgehead atoms. The summed E-state index contributed by atoms with van der Waals surface area (Å²) in [6.07, 6.45) is 7.75. The number of carbonyl (C=O) groups excluding carboxylic acids is 1. The minimum atomic E-state index is -0.108. The molecular formula is C21H25N7O2. The number of rotatable bonds is 5. The van der Waals surface area contributed by atoms with E-state index in [0.717, 1.165) is 42.8 Å². The quantitative estimate of drug-likeness (QED) is 0.640. The van der Waals surface area contributed by atoms with Crippen LogP contribution in [0.3, 0.4) is 0 Å². The van der Waals surface area contributed by atoms with E-state index in [2.05, 4.69) is 26.9 Å². The molecule has 3 aromatic rings. The lowest BCUT2D eigenvalue weighted by molar-refractivity contribution is -0.133. The van der Waals surface area contributed by atoms with Gasteiger partial charge in [0.2, 0.25) is 11.8 Å². The predicted molar refractivity (Wildman–Crippen MR) is 110 cm³/mol. The Morgan fingerprint density at radius 3 is 2.63 bits per heavy atom. The fourth-order valence-corrected chi connectivity index (χ4v) is 4.12. The molecule has 0 aromatic carbocycles. The summed E-state index contributed by atoms with van der Waals surface area (Å²) >= 11 is 0. The van der Waals surface area contributed by atoms with Crippen LogP contribution in [0.25, 0.3) is 22.6 Å². The largest absolute Gasteiger partial charge is 0.470 e. The normalized spacial score (nSPS) is 21.4. The lowest BCUT2D eigenvalue weighted by Crippen LogP contribution is -2.40. The monoisotopic (exact) mass is 407 g/mol. The molecule has 1 aliphatic carbocycles. The second-order valence-electron chi connectivity index (χ2n) is 8.04. The maximum absolute atomic E-state index is 12.5. The van der Waals surface area contributed by atoms with Crippen molar-refractivity contribution >= 4 is 17.1 Å². The Morgan fingerprint density at radius 1 is 1.17 bits per heavy atom. The zero-order valence-corrected chi connectivity index (χ0v) is 17.4. The van der Waals surface area contributed by atoms with Crippen molar-refractivity contribution in [1.29, 1.82) is 0 Å². The molecule has 2 unspecified atom stereocenters. The van der Waals surface area contributed by atoms with E-state index >= 15 is 0 Å². The first-order valence-corrected chi connectivity index (χ1v) is 10.5. The predicted octanol–water partition coefficient (Wildman–Crippen LogP) is 2.39. The zero-order chi connectivity index (χ0) is 20.8. The van der Waals surface area contributed by atoms with Crippen molar-refractivity contribution < 1.29 is 9.53 Å². The first-order chi connectivity index (χ1) is 14.6. The highest BCUT2D eigenvalue weighted by Crippen LogP contribution is 2.35. The first-order valence-electron chi connectivity index (χ1n) is 10.5. The molecule has 0 spiro atoms. The van der Waals surface area contributed by atoms with Crippen LogP contribution in [-0.2, 0) is 11.3 Å². The van der Waals surface area contributed by atoms with Gasteiger partial charge in [-0.2, -0.15) is 4.98 Å². The molecule has 4 heterocycles. The van der Waals surface area contributed by atoms with Gasteiger partial charge in [0, 0.05) is 37.8 Å². The zero-order valence-electron chi connectivity index (χ0n) is 17.4. The Bertz CT molecular complexity index is 1090. The van der Waals surface area contributed by atoms with E-state index in [4.69, 9.17) is 9.72 Å². The van der Waals surface area contributed by atoms with Crippen LogP contribution in [0.15, 0.2) is 18.7 Å². The summed E-state index contributed by atoms with van der Waals surface area (Å²) in [4.78, 5) is 36.7. The number of carbonyl (C=O) groups is 1. The highest BCUT2D eigenvalue weighted by Gasteiger charge is 2.41. The molecule has 9 heteroatoms. The lowest BCUT2D eigenvalue weighted by atomic mass is 10.2. The van der Waals surface area contributed by atoms with E-state index in [9.17, 15) is 4.79 Å². The molecule has 9 nitrogen and oxygen atoms in total. The Labute approximate surface area is 174 Å². The standard InChI is InChI=1S/C21H25N7O2/c1-4-27-18(15-9-22-13(3)23-10-15)26-17-19(27)24-11-25-20(17)30-16-7-8-28(12(16)2)21(29)14-5-6-14/h9-12,14,16H,4-8H2,1-3H3. The molecule has 1 saturated heterocycles. The molecule has 5 rings (SSSR count). The van der Waals surface area contributed by atoms with Gasteiger partial charge in [0.25, 0.3) is 0 Å². The molecule has 1 aliphatic heterocycles. The van der Waals surface area contributed by atoms with E-state index in [-0.39, 0.29) is 24.0 Å². The summed E-state index contributed by atoms with van der Waals surface area (Å²) in [6, 6.07) is 0.0151. The number of ether oxygens (including phenoxy) is 1. The number of hydrogen-bond donors (Lipinski definition) is 0. The second-order valence-corrected chi connectivity index (χ2v) is 8.04. The van der Waals surface area contributed by atoms with Crippen LogP contribution >= 0.6 is 0 Å². The average Bonchev–Trinajstić information content (AvgIpc) is 3.45. The lowest BCUT2D eigenvalue weighted by Gasteiger charge is -2.24. The summed E-state index contributed by atoms with van der Waals surface area (Å²) in [5.41, 5.74) is 2.16. The topological polar surface area (TPSA) is 98.9 Å².